The van der Waals surface area contributed by atoms with E-state index in [1.165, 1.54) is 6.42 Å². The van der Waals surface area contributed by atoms with E-state index in [4.69, 9.17) is 20.2 Å². The molecule has 6 heterocycles. The lowest BCUT2D eigenvalue weighted by Gasteiger charge is -2.49. The van der Waals surface area contributed by atoms with Crippen LogP contribution in [0, 0.1) is 20.8 Å². The second-order valence-corrected chi connectivity index (χ2v) is 9.75. The van der Waals surface area contributed by atoms with Gasteiger partial charge < -0.3 is 19.7 Å². The smallest absolute Gasteiger partial charge is 0.176 e. The fourth-order valence-corrected chi connectivity index (χ4v) is 5.45. The Bertz CT molecular complexity index is 1420. The number of benzene rings is 1. The van der Waals surface area contributed by atoms with Crippen LogP contribution >= 0.6 is 0 Å². The first-order valence-electron chi connectivity index (χ1n) is 12.2. The molecule has 3 aliphatic rings. The van der Waals surface area contributed by atoms with Gasteiger partial charge in [-0.1, -0.05) is 0 Å². The van der Waals surface area contributed by atoms with Crippen LogP contribution in [0.3, 0.4) is 0 Å². The topological polar surface area (TPSA) is 127 Å². The maximum atomic E-state index is 6.45. The number of nitrogens with two attached hydrogens (primary N) is 1. The number of methoxy groups -OCH3 is 1. The third-order valence-electron chi connectivity index (χ3n) is 7.20. The second kappa shape index (κ2) is 8.72. The van der Waals surface area contributed by atoms with E-state index >= 15 is 0 Å². The molecule has 0 spiro atoms. The number of piperazine rings is 1. The summed E-state index contributed by atoms with van der Waals surface area (Å²) >= 11 is 0. The van der Waals surface area contributed by atoms with Gasteiger partial charge in [0, 0.05) is 53.9 Å². The number of ether oxygens (including phenoxy) is 2. The molecule has 2 unspecified atom stereocenters. The van der Waals surface area contributed by atoms with Crippen molar-refractivity contribution in [2.45, 2.75) is 45.5 Å². The number of nitrogens with zero attached hydrogens (tertiary/aromatic N) is 5. The number of H-pyrrole nitrogens is 1. The summed E-state index contributed by atoms with van der Waals surface area (Å²) in [5.41, 5.74) is 12.6. The van der Waals surface area contributed by atoms with Crippen molar-refractivity contribution in [2.75, 3.05) is 25.1 Å². The van der Waals surface area contributed by atoms with Crippen molar-refractivity contribution in [1.82, 2.24) is 30.7 Å². The summed E-state index contributed by atoms with van der Waals surface area (Å²) < 4.78 is 11.8. The highest BCUT2D eigenvalue weighted by Gasteiger charge is 2.37. The van der Waals surface area contributed by atoms with Crippen LogP contribution in [-0.2, 0) is 0 Å². The Morgan fingerprint density at radius 3 is 2.53 bits per heavy atom. The van der Waals surface area contributed by atoms with Crippen LogP contribution in [-0.4, -0.2) is 57.7 Å². The maximum absolute atomic E-state index is 6.45. The SMILES string of the molecule is COc1cc2[nH]nc(-c3cnc(N4CC5CC(C4)N5)c(C)c3)c2cc1O[C@H](N)c1c(C)cnnc1C. The van der Waals surface area contributed by atoms with E-state index in [1.54, 1.807) is 13.3 Å². The van der Waals surface area contributed by atoms with E-state index in [2.05, 4.69) is 43.6 Å². The highest BCUT2D eigenvalue weighted by Crippen LogP contribution is 2.38. The van der Waals surface area contributed by atoms with E-state index in [0.717, 1.165) is 63.5 Å². The molecule has 4 N–H and O–H groups in total. The molecule has 0 saturated carbocycles. The molecule has 36 heavy (non-hydrogen) atoms. The molecule has 3 saturated heterocycles. The van der Waals surface area contributed by atoms with Crippen LogP contribution < -0.4 is 25.4 Å². The van der Waals surface area contributed by atoms with Gasteiger partial charge in [0.25, 0.3) is 0 Å². The number of aryl methyl sites for hydroxylation is 3. The van der Waals surface area contributed by atoms with Gasteiger partial charge in [-0.05, 0) is 50.5 Å². The van der Waals surface area contributed by atoms with Crippen LogP contribution in [0.4, 0.5) is 5.82 Å². The standard InChI is InChI=1S/C26H30N8O2/c1-13-5-16(10-28-26(13)34-11-17-6-18(12-34)30-17)24-19-7-22(21(35-4)8-20(19)32-33-24)36-25(27)23-14(2)9-29-31-15(23)3/h5,7-10,17-18,25,30H,6,11-12,27H2,1-4H3,(H,32,33)/t17?,18?,25-/m0/s1. The number of hydrogen-bond acceptors (Lipinski definition) is 9. The molecule has 1 aromatic carbocycles. The zero-order valence-corrected chi connectivity index (χ0v) is 20.9. The number of anilines is 1. The number of rotatable bonds is 6. The van der Waals surface area contributed by atoms with Crippen molar-refractivity contribution in [3.05, 3.63) is 53.0 Å². The number of pyridine rings is 1. The summed E-state index contributed by atoms with van der Waals surface area (Å²) in [6.45, 7) is 7.93. The van der Waals surface area contributed by atoms with E-state index in [0.29, 0.717) is 23.6 Å². The number of piperidine rings is 1. The quantitative estimate of drug-likeness (QED) is 0.353. The lowest BCUT2D eigenvalue weighted by molar-refractivity contribution is 0.202. The largest absolute Gasteiger partial charge is 0.493 e. The first kappa shape index (κ1) is 22.7. The van der Waals surface area contributed by atoms with Gasteiger partial charge in [-0.2, -0.15) is 15.3 Å². The van der Waals surface area contributed by atoms with Gasteiger partial charge in [0.15, 0.2) is 17.7 Å². The predicted molar refractivity (Wildman–Crippen MR) is 137 cm³/mol. The number of hydrogen-bond donors (Lipinski definition) is 3. The van der Waals surface area contributed by atoms with Gasteiger partial charge in [0.1, 0.15) is 11.5 Å². The monoisotopic (exact) mass is 486 g/mol. The number of nitrogens with one attached hydrogen (secondary N) is 2. The first-order chi connectivity index (χ1) is 17.4. The van der Waals surface area contributed by atoms with Gasteiger partial charge >= 0.3 is 0 Å². The molecule has 7 rings (SSSR count). The average Bonchev–Trinajstić information content (AvgIpc) is 3.25. The molecule has 0 amide bonds. The van der Waals surface area contributed by atoms with E-state index in [9.17, 15) is 0 Å². The Morgan fingerprint density at radius 1 is 1.06 bits per heavy atom. The molecule has 10 nitrogen and oxygen atoms in total. The van der Waals surface area contributed by atoms with E-state index in [1.807, 2.05) is 32.2 Å². The Labute approximate surface area is 209 Å². The Morgan fingerprint density at radius 2 is 1.83 bits per heavy atom. The third kappa shape index (κ3) is 3.82. The molecule has 3 aliphatic heterocycles. The molecule has 0 radical (unpaired) electrons. The van der Waals surface area contributed by atoms with Gasteiger partial charge in [0.2, 0.25) is 0 Å². The summed E-state index contributed by atoms with van der Waals surface area (Å²) in [6, 6.07) is 7.10. The summed E-state index contributed by atoms with van der Waals surface area (Å²) in [5, 5.41) is 20.3. The minimum absolute atomic E-state index is 0.525. The van der Waals surface area contributed by atoms with Gasteiger partial charge in [-0.25, -0.2) is 4.98 Å². The molecule has 3 fully saturated rings. The van der Waals surface area contributed by atoms with Crippen LogP contribution in [0.2, 0.25) is 0 Å². The molecule has 2 bridgehead atoms. The summed E-state index contributed by atoms with van der Waals surface area (Å²) in [7, 11) is 1.60. The maximum Gasteiger partial charge on any atom is 0.176 e. The van der Waals surface area contributed by atoms with Crippen LogP contribution in [0.25, 0.3) is 22.2 Å². The lowest BCUT2D eigenvalue weighted by Crippen LogP contribution is -2.67. The van der Waals surface area contributed by atoms with Crippen LogP contribution in [0.15, 0.2) is 30.6 Å². The first-order valence-corrected chi connectivity index (χ1v) is 12.2. The van der Waals surface area contributed by atoms with Crippen molar-refractivity contribution >= 4 is 16.7 Å². The Hall–Kier alpha value is -3.76. The van der Waals surface area contributed by atoms with Crippen molar-refractivity contribution in [1.29, 1.82) is 0 Å². The van der Waals surface area contributed by atoms with Gasteiger partial charge in [0.05, 0.1) is 24.5 Å². The van der Waals surface area contributed by atoms with Crippen molar-refractivity contribution < 1.29 is 9.47 Å². The fourth-order valence-electron chi connectivity index (χ4n) is 5.45. The van der Waals surface area contributed by atoms with E-state index < -0.39 is 6.23 Å². The van der Waals surface area contributed by atoms with Gasteiger partial charge in [-0.3, -0.25) is 10.8 Å². The highest BCUT2D eigenvalue weighted by atomic mass is 16.5. The summed E-state index contributed by atoms with van der Waals surface area (Å²) in [4.78, 5) is 7.22. The molecule has 3 aromatic heterocycles. The Balaban J connectivity index is 1.34. The summed E-state index contributed by atoms with van der Waals surface area (Å²) in [5.74, 6) is 2.13. The molecule has 186 valence electrons. The average molecular weight is 487 g/mol. The minimum atomic E-state index is -0.726. The lowest BCUT2D eigenvalue weighted by atomic mass is 9.91. The molecular formula is C26H30N8O2. The Kier molecular flexibility index (Phi) is 5.50. The zero-order chi connectivity index (χ0) is 25.0. The normalized spacial score (nSPS) is 19.8. The van der Waals surface area contributed by atoms with Crippen molar-refractivity contribution in [2.24, 2.45) is 5.73 Å². The van der Waals surface area contributed by atoms with Crippen molar-refractivity contribution in [3.8, 4) is 22.8 Å². The molecule has 4 aromatic rings. The zero-order valence-electron chi connectivity index (χ0n) is 20.9. The predicted octanol–water partition coefficient (Wildman–Crippen LogP) is 2.94. The number of fused-ring (bicyclic) bond motifs is 3. The van der Waals surface area contributed by atoms with E-state index in [-0.39, 0.29) is 0 Å². The van der Waals surface area contributed by atoms with Crippen LogP contribution in [0.1, 0.15) is 35.0 Å². The summed E-state index contributed by atoms with van der Waals surface area (Å²) in [6.07, 6.45) is 4.12. The third-order valence-corrected chi connectivity index (χ3v) is 7.20. The highest BCUT2D eigenvalue weighted by molar-refractivity contribution is 5.95. The molecule has 0 aliphatic carbocycles. The second-order valence-electron chi connectivity index (χ2n) is 9.75. The number of aromatic nitrogens is 5. The van der Waals surface area contributed by atoms with Crippen molar-refractivity contribution in [3.63, 3.8) is 0 Å². The van der Waals surface area contributed by atoms with Gasteiger partial charge in [-0.15, -0.1) is 0 Å². The molecule has 3 atom stereocenters. The molecule has 10 heteroatoms. The molecular weight excluding hydrogens is 456 g/mol. The fraction of sp³-hybridized carbons (Fsp3) is 0.385. The van der Waals surface area contributed by atoms with Crippen LogP contribution in [0.5, 0.6) is 11.5 Å². The minimum Gasteiger partial charge on any atom is -0.493 e. The number of aromatic amines is 1.